The van der Waals surface area contributed by atoms with E-state index in [0.29, 0.717) is 17.5 Å². The summed E-state index contributed by atoms with van der Waals surface area (Å²) in [5, 5.41) is 9.94. The van der Waals surface area contributed by atoms with Crippen LogP contribution in [0.5, 0.6) is 0 Å². The smallest absolute Gasteiger partial charge is 0.261 e. The van der Waals surface area contributed by atoms with E-state index in [2.05, 4.69) is 22.0 Å². The van der Waals surface area contributed by atoms with Crippen molar-refractivity contribution in [2.75, 3.05) is 11.9 Å². The fourth-order valence-electron chi connectivity index (χ4n) is 2.73. The minimum atomic E-state index is -0.696. The number of unbranched alkanes of at least 4 members (excludes halogenated alkanes) is 1. The Morgan fingerprint density at radius 1 is 1.21 bits per heavy atom. The lowest BCUT2D eigenvalue weighted by Gasteiger charge is -2.25. The summed E-state index contributed by atoms with van der Waals surface area (Å²) in [7, 11) is 0. The Balaban J connectivity index is 2.05. The van der Waals surface area contributed by atoms with Crippen molar-refractivity contribution in [1.29, 1.82) is 5.26 Å². The largest absolute Gasteiger partial charge is 0.325 e. The number of alkyl halides is 2. The second kappa shape index (κ2) is 8.61. The van der Waals surface area contributed by atoms with Gasteiger partial charge in [0.05, 0.1) is 28.5 Å². The van der Waals surface area contributed by atoms with Gasteiger partial charge in [0.2, 0.25) is 0 Å². The zero-order valence-electron chi connectivity index (χ0n) is 13.1. The highest BCUT2D eigenvalue weighted by atomic mass is 79.9. The van der Waals surface area contributed by atoms with E-state index in [-0.39, 0.29) is 23.7 Å². The van der Waals surface area contributed by atoms with E-state index >= 15 is 0 Å². The van der Waals surface area contributed by atoms with Gasteiger partial charge in [0.25, 0.3) is 11.8 Å². The third-order valence-corrected chi connectivity index (χ3v) is 5.24. The summed E-state index contributed by atoms with van der Waals surface area (Å²) in [6, 6.07) is 8.14. The first-order valence-corrected chi connectivity index (χ1v) is 9.37. The van der Waals surface area contributed by atoms with Crippen LogP contribution >= 0.6 is 27.5 Å². The van der Waals surface area contributed by atoms with Crippen LogP contribution in [-0.4, -0.2) is 40.0 Å². The van der Waals surface area contributed by atoms with Crippen LogP contribution in [0.15, 0.2) is 24.3 Å². The Kier molecular flexibility index (Phi) is 6.79. The van der Waals surface area contributed by atoms with Crippen molar-refractivity contribution < 1.29 is 9.59 Å². The van der Waals surface area contributed by atoms with E-state index in [9.17, 15) is 14.9 Å². The first-order valence-electron chi connectivity index (χ1n) is 7.81. The molecule has 2 N–H and O–H groups in total. The number of amides is 2. The van der Waals surface area contributed by atoms with Crippen LogP contribution in [0.25, 0.3) is 0 Å². The molecule has 5 nitrogen and oxygen atoms in total. The molecule has 3 atom stereocenters. The number of halogens is 2. The van der Waals surface area contributed by atoms with E-state index in [1.165, 1.54) is 0 Å². The summed E-state index contributed by atoms with van der Waals surface area (Å²) in [4.78, 5) is 25.9. The SMILES string of the molecule is N#CC(CN1C(=O)c2ccccc2C1=O)C(N)C(Cl)CCCCBr. The van der Waals surface area contributed by atoms with Gasteiger partial charge in [-0.3, -0.25) is 14.5 Å². The molecule has 2 amide bonds. The second-order valence-electron chi connectivity index (χ2n) is 5.78. The monoisotopic (exact) mass is 411 g/mol. The Morgan fingerprint density at radius 2 is 1.79 bits per heavy atom. The molecule has 0 aliphatic carbocycles. The summed E-state index contributed by atoms with van der Waals surface area (Å²) in [5.74, 6) is -1.46. The molecule has 7 heteroatoms. The maximum atomic E-state index is 12.4. The van der Waals surface area contributed by atoms with Gasteiger partial charge in [-0.15, -0.1) is 11.6 Å². The van der Waals surface area contributed by atoms with Gasteiger partial charge >= 0.3 is 0 Å². The zero-order valence-corrected chi connectivity index (χ0v) is 15.5. The van der Waals surface area contributed by atoms with Crippen molar-refractivity contribution in [2.24, 2.45) is 11.7 Å². The van der Waals surface area contributed by atoms with Crippen LogP contribution < -0.4 is 5.73 Å². The number of hydrogen-bond acceptors (Lipinski definition) is 4. The molecule has 1 heterocycles. The normalized spacial score (nSPS) is 17.3. The van der Waals surface area contributed by atoms with E-state index in [0.717, 1.165) is 23.1 Å². The van der Waals surface area contributed by atoms with Crippen molar-refractivity contribution in [3.63, 3.8) is 0 Å². The van der Waals surface area contributed by atoms with Gasteiger partial charge in [0, 0.05) is 17.9 Å². The molecule has 2 rings (SSSR count). The number of carbonyl (C=O) groups is 2. The lowest BCUT2D eigenvalue weighted by atomic mass is 9.95. The molecule has 1 aromatic rings. The van der Waals surface area contributed by atoms with Crippen molar-refractivity contribution >= 4 is 39.3 Å². The first kappa shape index (κ1) is 18.9. The molecule has 128 valence electrons. The predicted molar refractivity (Wildman–Crippen MR) is 96.2 cm³/mol. The molecule has 0 saturated carbocycles. The van der Waals surface area contributed by atoms with Gasteiger partial charge < -0.3 is 5.73 Å². The number of fused-ring (bicyclic) bond motifs is 1. The number of carbonyl (C=O) groups excluding carboxylic acids is 2. The van der Waals surface area contributed by atoms with E-state index < -0.39 is 12.0 Å². The molecule has 1 aliphatic rings. The van der Waals surface area contributed by atoms with E-state index in [1.54, 1.807) is 24.3 Å². The second-order valence-corrected chi connectivity index (χ2v) is 7.13. The maximum Gasteiger partial charge on any atom is 0.261 e. The quantitative estimate of drug-likeness (QED) is 0.404. The van der Waals surface area contributed by atoms with Crippen LogP contribution in [-0.2, 0) is 0 Å². The van der Waals surface area contributed by atoms with Gasteiger partial charge in [-0.25, -0.2) is 0 Å². The summed E-state index contributed by atoms with van der Waals surface area (Å²) in [6.45, 7) is -0.0360. The van der Waals surface area contributed by atoms with E-state index in [1.807, 2.05) is 0 Å². The van der Waals surface area contributed by atoms with Gasteiger partial charge in [-0.2, -0.15) is 5.26 Å². The predicted octanol–water partition coefficient (Wildman–Crippen LogP) is 2.92. The van der Waals surface area contributed by atoms with Crippen molar-refractivity contribution in [2.45, 2.75) is 30.7 Å². The number of nitrogens with two attached hydrogens (primary N) is 1. The van der Waals surface area contributed by atoms with Crippen LogP contribution in [0, 0.1) is 17.2 Å². The standard InChI is InChI=1S/C17H19BrClN3O2/c18-8-4-3-7-14(19)15(21)11(9-20)10-22-16(23)12-5-1-2-6-13(12)17(22)24/h1-2,5-6,11,14-15H,3-4,7-8,10,21H2. The summed E-state index contributed by atoms with van der Waals surface area (Å²) in [5.41, 5.74) is 6.85. The van der Waals surface area contributed by atoms with E-state index in [4.69, 9.17) is 17.3 Å². The van der Waals surface area contributed by atoms with Gasteiger partial charge in [0.1, 0.15) is 0 Å². The van der Waals surface area contributed by atoms with Gasteiger partial charge in [-0.05, 0) is 25.0 Å². The molecule has 0 fully saturated rings. The van der Waals surface area contributed by atoms with Crippen LogP contribution in [0.3, 0.4) is 0 Å². The van der Waals surface area contributed by atoms with Gasteiger partial charge in [0.15, 0.2) is 0 Å². The number of rotatable bonds is 8. The zero-order chi connectivity index (χ0) is 17.7. The molecule has 0 radical (unpaired) electrons. The molecule has 1 aromatic carbocycles. The Hall–Kier alpha value is -1.42. The Labute approximate surface area is 154 Å². The molecule has 0 spiro atoms. The molecule has 3 unspecified atom stereocenters. The number of nitriles is 1. The van der Waals surface area contributed by atoms with Crippen molar-refractivity contribution in [3.8, 4) is 6.07 Å². The number of benzene rings is 1. The van der Waals surface area contributed by atoms with Crippen molar-refractivity contribution in [1.82, 2.24) is 4.90 Å². The molecular formula is C17H19BrClN3O2. The average Bonchev–Trinajstić information content (AvgIpc) is 2.84. The Bertz CT molecular complexity index is 626. The van der Waals surface area contributed by atoms with Crippen LogP contribution in [0.2, 0.25) is 0 Å². The van der Waals surface area contributed by atoms with Crippen LogP contribution in [0.1, 0.15) is 40.0 Å². The highest BCUT2D eigenvalue weighted by Crippen LogP contribution is 2.25. The molecule has 0 saturated heterocycles. The fourth-order valence-corrected chi connectivity index (χ4v) is 3.46. The lowest BCUT2D eigenvalue weighted by molar-refractivity contribution is 0.0635. The third kappa shape index (κ3) is 3.97. The molecule has 1 aliphatic heterocycles. The minimum Gasteiger partial charge on any atom is -0.325 e. The third-order valence-electron chi connectivity index (χ3n) is 4.17. The molecular weight excluding hydrogens is 394 g/mol. The summed E-state index contributed by atoms with van der Waals surface area (Å²) >= 11 is 9.66. The number of nitrogens with zero attached hydrogens (tertiary/aromatic N) is 2. The topological polar surface area (TPSA) is 87.2 Å². The molecule has 0 bridgehead atoms. The minimum absolute atomic E-state index is 0.0360. The maximum absolute atomic E-state index is 12.4. The fraction of sp³-hybridized carbons (Fsp3) is 0.471. The number of imide groups is 1. The van der Waals surface area contributed by atoms with Crippen molar-refractivity contribution in [3.05, 3.63) is 35.4 Å². The summed E-state index contributed by atoms with van der Waals surface area (Å²) in [6.07, 6.45) is 2.57. The average molecular weight is 413 g/mol. The molecule has 0 aromatic heterocycles. The Morgan fingerprint density at radius 3 is 2.29 bits per heavy atom. The molecule has 24 heavy (non-hydrogen) atoms. The van der Waals surface area contributed by atoms with Crippen LogP contribution in [0.4, 0.5) is 0 Å². The highest BCUT2D eigenvalue weighted by Gasteiger charge is 2.38. The number of hydrogen-bond donors (Lipinski definition) is 1. The highest BCUT2D eigenvalue weighted by molar-refractivity contribution is 9.09. The lowest BCUT2D eigenvalue weighted by Crippen LogP contribution is -2.45. The van der Waals surface area contributed by atoms with Gasteiger partial charge in [-0.1, -0.05) is 34.5 Å². The summed E-state index contributed by atoms with van der Waals surface area (Å²) < 4.78 is 0. The first-order chi connectivity index (χ1) is 11.5.